The van der Waals surface area contributed by atoms with Crippen molar-refractivity contribution in [3.63, 3.8) is 0 Å². The second-order valence-corrected chi connectivity index (χ2v) is 8.64. The molecule has 4 rings (SSSR count). The summed E-state index contributed by atoms with van der Waals surface area (Å²) in [5, 5.41) is 4.15. The second kappa shape index (κ2) is 10.1. The minimum Gasteiger partial charge on any atom is -0.375 e. The van der Waals surface area contributed by atoms with Crippen molar-refractivity contribution in [3.05, 3.63) is 53.8 Å². The molecule has 0 atom stereocenters. The molecule has 0 aromatic heterocycles. The standard InChI is InChI=1S/C23H30FN7S/c1-28-7-9-30(10-8-28)21-16-22(20(24)15-18(21)17-26-27-23(25)32)31-13-11-29(12-14-31)19-5-3-2-4-6-19/h2-6,15-17H,7-14H2,1H3,(H3,25,27,32). The Balaban J connectivity index is 1.56. The molecule has 32 heavy (non-hydrogen) atoms. The number of para-hydroxylation sites is 1. The molecule has 170 valence electrons. The maximum Gasteiger partial charge on any atom is 0.184 e. The van der Waals surface area contributed by atoms with Crippen molar-refractivity contribution in [3.8, 4) is 0 Å². The van der Waals surface area contributed by atoms with Crippen LogP contribution in [0.5, 0.6) is 0 Å². The van der Waals surface area contributed by atoms with Gasteiger partial charge in [-0.05, 0) is 43.5 Å². The maximum atomic E-state index is 15.2. The lowest BCUT2D eigenvalue weighted by molar-refractivity contribution is 0.313. The van der Waals surface area contributed by atoms with E-state index in [0.717, 1.165) is 58.0 Å². The summed E-state index contributed by atoms with van der Waals surface area (Å²) in [4.78, 5) is 9.08. The molecule has 2 fully saturated rings. The van der Waals surface area contributed by atoms with E-state index in [4.69, 9.17) is 18.0 Å². The van der Waals surface area contributed by atoms with E-state index < -0.39 is 0 Å². The number of hydrogen-bond acceptors (Lipinski definition) is 6. The topological polar surface area (TPSA) is 63.4 Å². The van der Waals surface area contributed by atoms with Crippen molar-refractivity contribution >= 4 is 40.6 Å². The number of nitrogens with one attached hydrogen (secondary N) is 1. The molecule has 2 saturated heterocycles. The summed E-state index contributed by atoms with van der Waals surface area (Å²) in [6, 6.07) is 13.9. The fourth-order valence-electron chi connectivity index (χ4n) is 4.24. The SMILES string of the molecule is CN1CCN(c2cc(N3CCN(c4ccccc4)CC3)c(F)cc2C=NNC(N)=S)CC1. The predicted octanol–water partition coefficient (Wildman–Crippen LogP) is 2.07. The van der Waals surface area contributed by atoms with Crippen LogP contribution in [0.3, 0.4) is 0 Å². The Morgan fingerprint density at radius 2 is 1.53 bits per heavy atom. The number of likely N-dealkylation sites (N-methyl/N-ethyl adjacent to an activating group) is 1. The number of benzene rings is 2. The predicted molar refractivity (Wildman–Crippen MR) is 134 cm³/mol. The third kappa shape index (κ3) is 5.28. The Labute approximate surface area is 194 Å². The normalized spacial score (nSPS) is 17.8. The van der Waals surface area contributed by atoms with Gasteiger partial charge in [0.05, 0.1) is 11.9 Å². The van der Waals surface area contributed by atoms with Crippen molar-refractivity contribution in [2.75, 3.05) is 74.1 Å². The Morgan fingerprint density at radius 3 is 2.19 bits per heavy atom. The van der Waals surface area contributed by atoms with Crippen LogP contribution in [0, 0.1) is 5.82 Å². The van der Waals surface area contributed by atoms with E-state index in [1.54, 1.807) is 12.3 Å². The average molecular weight is 456 g/mol. The number of hydrazone groups is 1. The molecular weight excluding hydrogens is 425 g/mol. The van der Waals surface area contributed by atoms with E-state index in [0.29, 0.717) is 11.3 Å². The van der Waals surface area contributed by atoms with Gasteiger partial charge in [0.15, 0.2) is 5.11 Å². The van der Waals surface area contributed by atoms with Crippen LogP contribution in [0.4, 0.5) is 21.5 Å². The fourth-order valence-corrected chi connectivity index (χ4v) is 4.30. The highest BCUT2D eigenvalue weighted by Gasteiger charge is 2.24. The Kier molecular flexibility index (Phi) is 7.06. The van der Waals surface area contributed by atoms with E-state index in [1.807, 2.05) is 12.1 Å². The van der Waals surface area contributed by atoms with Gasteiger partial charge in [0.1, 0.15) is 5.82 Å². The van der Waals surface area contributed by atoms with Crippen LogP contribution in [0.1, 0.15) is 5.56 Å². The number of rotatable bonds is 5. The van der Waals surface area contributed by atoms with E-state index in [2.05, 4.69) is 61.4 Å². The number of nitrogens with two attached hydrogens (primary N) is 1. The smallest absolute Gasteiger partial charge is 0.184 e. The summed E-state index contributed by atoms with van der Waals surface area (Å²) in [6.07, 6.45) is 1.59. The fraction of sp³-hybridized carbons (Fsp3) is 0.391. The number of hydrogen-bond donors (Lipinski definition) is 2. The highest BCUT2D eigenvalue weighted by Crippen LogP contribution is 2.31. The molecule has 0 amide bonds. The van der Waals surface area contributed by atoms with E-state index >= 15 is 4.39 Å². The van der Waals surface area contributed by atoms with Gasteiger partial charge in [-0.3, -0.25) is 5.43 Å². The maximum absolute atomic E-state index is 15.2. The van der Waals surface area contributed by atoms with Crippen LogP contribution in [0.25, 0.3) is 0 Å². The lowest BCUT2D eigenvalue weighted by atomic mass is 10.1. The van der Waals surface area contributed by atoms with Crippen LogP contribution in [0.15, 0.2) is 47.6 Å². The van der Waals surface area contributed by atoms with Gasteiger partial charge >= 0.3 is 0 Å². The molecule has 7 nitrogen and oxygen atoms in total. The highest BCUT2D eigenvalue weighted by molar-refractivity contribution is 7.80. The number of halogens is 1. The Hall–Kier alpha value is -2.91. The quantitative estimate of drug-likeness (QED) is 0.407. The van der Waals surface area contributed by atoms with E-state index in [-0.39, 0.29) is 10.9 Å². The van der Waals surface area contributed by atoms with Gasteiger partial charge in [-0.1, -0.05) is 18.2 Å². The molecule has 0 spiro atoms. The van der Waals surface area contributed by atoms with Crippen molar-refractivity contribution in [2.45, 2.75) is 0 Å². The summed E-state index contributed by atoms with van der Waals surface area (Å²) >= 11 is 4.81. The molecule has 2 heterocycles. The Morgan fingerprint density at radius 1 is 0.938 bits per heavy atom. The number of nitrogens with zero attached hydrogens (tertiary/aromatic N) is 5. The summed E-state index contributed by atoms with van der Waals surface area (Å²) in [5.41, 5.74) is 11.6. The first-order chi connectivity index (χ1) is 15.5. The van der Waals surface area contributed by atoms with Crippen molar-refractivity contribution in [1.29, 1.82) is 0 Å². The second-order valence-electron chi connectivity index (χ2n) is 8.20. The van der Waals surface area contributed by atoms with Gasteiger partial charge in [-0.25, -0.2) is 4.39 Å². The molecule has 2 aliphatic rings. The molecule has 3 N–H and O–H groups in total. The van der Waals surface area contributed by atoms with E-state index in [9.17, 15) is 0 Å². The first kappa shape index (κ1) is 22.3. The third-order valence-electron chi connectivity index (χ3n) is 6.06. The summed E-state index contributed by atoms with van der Waals surface area (Å²) in [7, 11) is 2.12. The number of thiocarbonyl (C=S) groups is 1. The zero-order valence-corrected chi connectivity index (χ0v) is 19.2. The van der Waals surface area contributed by atoms with Crippen molar-refractivity contribution in [1.82, 2.24) is 10.3 Å². The summed E-state index contributed by atoms with van der Waals surface area (Å²) in [6.45, 7) is 6.94. The third-order valence-corrected chi connectivity index (χ3v) is 6.15. The van der Waals surface area contributed by atoms with Crippen LogP contribution >= 0.6 is 12.2 Å². The minimum atomic E-state index is -0.243. The van der Waals surface area contributed by atoms with Crippen LogP contribution in [-0.4, -0.2) is 75.6 Å². The monoisotopic (exact) mass is 455 g/mol. The van der Waals surface area contributed by atoms with Crippen LogP contribution in [-0.2, 0) is 0 Å². The molecule has 9 heteroatoms. The summed E-state index contributed by atoms with van der Waals surface area (Å²) < 4.78 is 15.2. The Bertz CT molecular complexity index is 952. The largest absolute Gasteiger partial charge is 0.375 e. The number of anilines is 3. The highest BCUT2D eigenvalue weighted by atomic mass is 32.1. The zero-order chi connectivity index (χ0) is 22.5. The van der Waals surface area contributed by atoms with Gasteiger partial charge < -0.3 is 25.3 Å². The molecule has 0 radical (unpaired) electrons. The lowest BCUT2D eigenvalue weighted by Crippen LogP contribution is -2.47. The molecule has 0 bridgehead atoms. The van der Waals surface area contributed by atoms with Crippen LogP contribution < -0.4 is 25.9 Å². The first-order valence-corrected chi connectivity index (χ1v) is 11.3. The van der Waals surface area contributed by atoms with Crippen LogP contribution in [0.2, 0.25) is 0 Å². The van der Waals surface area contributed by atoms with Gasteiger partial charge in [-0.2, -0.15) is 5.10 Å². The molecule has 0 aliphatic carbocycles. The van der Waals surface area contributed by atoms with Crippen molar-refractivity contribution < 1.29 is 4.39 Å². The van der Waals surface area contributed by atoms with Gasteiger partial charge in [0, 0.05) is 69.3 Å². The molecular formula is C23H30FN7S. The molecule has 0 saturated carbocycles. The van der Waals surface area contributed by atoms with Gasteiger partial charge in [-0.15, -0.1) is 0 Å². The van der Waals surface area contributed by atoms with Gasteiger partial charge in [0.25, 0.3) is 0 Å². The molecule has 2 aliphatic heterocycles. The minimum absolute atomic E-state index is 0.0794. The number of piperazine rings is 2. The van der Waals surface area contributed by atoms with Gasteiger partial charge in [0.2, 0.25) is 0 Å². The summed E-state index contributed by atoms with van der Waals surface area (Å²) in [5.74, 6) is -0.243. The molecule has 2 aromatic carbocycles. The van der Waals surface area contributed by atoms with Crippen molar-refractivity contribution in [2.24, 2.45) is 10.8 Å². The average Bonchev–Trinajstić information content (AvgIpc) is 2.80. The molecule has 0 unspecified atom stereocenters. The zero-order valence-electron chi connectivity index (χ0n) is 18.4. The van der Waals surface area contributed by atoms with E-state index in [1.165, 1.54) is 5.69 Å². The lowest BCUT2D eigenvalue weighted by Gasteiger charge is -2.39. The molecule has 2 aromatic rings. The first-order valence-electron chi connectivity index (χ1n) is 10.9.